The second-order valence-corrected chi connectivity index (χ2v) is 5.98. The summed E-state index contributed by atoms with van der Waals surface area (Å²) >= 11 is 0. The van der Waals surface area contributed by atoms with E-state index in [0.29, 0.717) is 11.9 Å². The molecule has 0 radical (unpaired) electrons. The van der Waals surface area contributed by atoms with Gasteiger partial charge >= 0.3 is 0 Å². The van der Waals surface area contributed by atoms with Crippen LogP contribution in [0, 0.1) is 12.8 Å². The molecule has 1 saturated carbocycles. The number of nitrogens with two attached hydrogens (primary N) is 1. The summed E-state index contributed by atoms with van der Waals surface area (Å²) in [5.74, 6) is 1.62. The zero-order valence-electron chi connectivity index (χ0n) is 11.5. The molecule has 19 heavy (non-hydrogen) atoms. The van der Waals surface area contributed by atoms with Crippen molar-refractivity contribution in [2.24, 2.45) is 5.92 Å². The lowest BCUT2D eigenvalue weighted by molar-refractivity contribution is -0.0613. The Bertz CT molecular complexity index is 479. The van der Waals surface area contributed by atoms with Gasteiger partial charge in [0.1, 0.15) is 5.82 Å². The first kappa shape index (κ1) is 12.7. The molecule has 1 aliphatic heterocycles. The van der Waals surface area contributed by atoms with Crippen LogP contribution < -0.4 is 10.6 Å². The number of aliphatic hydroxyl groups is 1. The van der Waals surface area contributed by atoms with Crippen molar-refractivity contribution in [1.29, 1.82) is 0 Å². The molecule has 0 spiro atoms. The zero-order valence-corrected chi connectivity index (χ0v) is 11.5. The second-order valence-electron chi connectivity index (χ2n) is 5.98. The summed E-state index contributed by atoms with van der Waals surface area (Å²) in [5, 5.41) is 10.7. The molecule has 5 nitrogen and oxygen atoms in total. The molecular formula is C14H22N4O. The summed E-state index contributed by atoms with van der Waals surface area (Å²) in [6.45, 7) is 3.74. The molecule has 2 aliphatic rings. The molecule has 2 atom stereocenters. The quantitative estimate of drug-likeness (QED) is 0.802. The Hall–Kier alpha value is -1.36. The number of fused-ring (bicyclic) bond motifs is 1. The minimum atomic E-state index is -0.443. The standard InChI is InChI=1S/C14H22N4O/c1-10-8-16-13(15)17-12(10)18-7-6-14(19)5-3-2-4-11(14)9-18/h8,11,19H,2-7,9H2,1H3,(H2,15,16,17). The minimum absolute atomic E-state index is 0.324. The van der Waals surface area contributed by atoms with E-state index in [4.69, 9.17) is 5.73 Å². The van der Waals surface area contributed by atoms with E-state index < -0.39 is 5.60 Å². The number of nitrogens with zero attached hydrogens (tertiary/aromatic N) is 3. The van der Waals surface area contributed by atoms with E-state index in [1.807, 2.05) is 6.92 Å². The highest BCUT2D eigenvalue weighted by molar-refractivity contribution is 5.48. The predicted molar refractivity (Wildman–Crippen MR) is 74.9 cm³/mol. The van der Waals surface area contributed by atoms with E-state index in [0.717, 1.165) is 50.2 Å². The van der Waals surface area contributed by atoms with Crippen LogP contribution in [0.3, 0.4) is 0 Å². The molecule has 3 rings (SSSR count). The van der Waals surface area contributed by atoms with Crippen LogP contribution in [0.2, 0.25) is 0 Å². The van der Waals surface area contributed by atoms with Gasteiger partial charge in [-0.1, -0.05) is 12.8 Å². The number of hydrogen-bond acceptors (Lipinski definition) is 5. The Labute approximate surface area is 113 Å². The first-order valence-electron chi connectivity index (χ1n) is 7.15. The van der Waals surface area contributed by atoms with Crippen LogP contribution in [-0.2, 0) is 0 Å². The number of piperidine rings is 1. The van der Waals surface area contributed by atoms with Crippen molar-refractivity contribution >= 4 is 11.8 Å². The normalized spacial score (nSPS) is 31.1. The Morgan fingerprint density at radius 3 is 3.11 bits per heavy atom. The third kappa shape index (κ3) is 2.27. The fourth-order valence-electron chi connectivity index (χ4n) is 3.53. The van der Waals surface area contributed by atoms with E-state index in [1.54, 1.807) is 6.20 Å². The lowest BCUT2D eigenvalue weighted by Gasteiger charge is -2.48. The van der Waals surface area contributed by atoms with Crippen molar-refractivity contribution in [3.8, 4) is 0 Å². The summed E-state index contributed by atoms with van der Waals surface area (Å²) in [6, 6.07) is 0. The van der Waals surface area contributed by atoms with Crippen molar-refractivity contribution in [3.05, 3.63) is 11.8 Å². The maximum absolute atomic E-state index is 10.7. The average Bonchev–Trinajstić information content (AvgIpc) is 2.40. The molecule has 1 aromatic heterocycles. The Morgan fingerprint density at radius 1 is 1.42 bits per heavy atom. The Morgan fingerprint density at radius 2 is 2.26 bits per heavy atom. The number of rotatable bonds is 1. The number of hydrogen-bond donors (Lipinski definition) is 2. The fraction of sp³-hybridized carbons (Fsp3) is 0.714. The Kier molecular flexibility index (Phi) is 3.09. The van der Waals surface area contributed by atoms with Crippen LogP contribution in [0.4, 0.5) is 11.8 Å². The van der Waals surface area contributed by atoms with Crippen molar-refractivity contribution < 1.29 is 5.11 Å². The molecule has 5 heteroatoms. The highest BCUT2D eigenvalue weighted by Crippen LogP contribution is 2.40. The molecule has 104 valence electrons. The predicted octanol–water partition coefficient (Wildman–Crippen LogP) is 1.50. The van der Waals surface area contributed by atoms with Gasteiger partial charge in [0.2, 0.25) is 5.95 Å². The highest BCUT2D eigenvalue weighted by Gasteiger charge is 2.43. The average molecular weight is 262 g/mol. The second kappa shape index (κ2) is 4.63. The molecule has 2 heterocycles. The van der Waals surface area contributed by atoms with Crippen molar-refractivity contribution in [2.75, 3.05) is 23.7 Å². The van der Waals surface area contributed by atoms with Crippen LogP contribution in [0.1, 0.15) is 37.7 Å². The van der Waals surface area contributed by atoms with Gasteiger partial charge in [-0.15, -0.1) is 0 Å². The van der Waals surface area contributed by atoms with Crippen LogP contribution in [0.5, 0.6) is 0 Å². The summed E-state index contributed by atoms with van der Waals surface area (Å²) < 4.78 is 0. The lowest BCUT2D eigenvalue weighted by Crippen LogP contribution is -2.53. The largest absolute Gasteiger partial charge is 0.389 e. The van der Waals surface area contributed by atoms with Gasteiger partial charge in [-0.3, -0.25) is 0 Å². The molecule has 1 aromatic rings. The van der Waals surface area contributed by atoms with Gasteiger partial charge in [0.05, 0.1) is 5.60 Å². The number of aromatic nitrogens is 2. The van der Waals surface area contributed by atoms with Crippen molar-refractivity contribution in [1.82, 2.24) is 9.97 Å². The van der Waals surface area contributed by atoms with E-state index in [9.17, 15) is 5.11 Å². The summed E-state index contributed by atoms with van der Waals surface area (Å²) in [5.41, 5.74) is 6.30. The van der Waals surface area contributed by atoms with Gasteiger partial charge in [0, 0.05) is 30.8 Å². The summed E-state index contributed by atoms with van der Waals surface area (Å²) in [4.78, 5) is 10.6. The van der Waals surface area contributed by atoms with Crippen LogP contribution in [0.15, 0.2) is 6.20 Å². The highest BCUT2D eigenvalue weighted by atomic mass is 16.3. The van der Waals surface area contributed by atoms with Crippen LogP contribution in [0.25, 0.3) is 0 Å². The van der Waals surface area contributed by atoms with Crippen molar-refractivity contribution in [3.63, 3.8) is 0 Å². The maximum Gasteiger partial charge on any atom is 0.221 e. The maximum atomic E-state index is 10.7. The monoisotopic (exact) mass is 262 g/mol. The van der Waals surface area contributed by atoms with Gasteiger partial charge in [-0.2, -0.15) is 4.98 Å². The molecule has 3 N–H and O–H groups in total. The smallest absolute Gasteiger partial charge is 0.221 e. The third-order valence-electron chi connectivity index (χ3n) is 4.69. The number of anilines is 2. The zero-order chi connectivity index (χ0) is 13.5. The van der Waals surface area contributed by atoms with Gasteiger partial charge in [-0.05, 0) is 26.2 Å². The molecule has 0 bridgehead atoms. The van der Waals surface area contributed by atoms with E-state index >= 15 is 0 Å². The van der Waals surface area contributed by atoms with Gasteiger partial charge < -0.3 is 15.7 Å². The van der Waals surface area contributed by atoms with Gasteiger partial charge in [0.25, 0.3) is 0 Å². The van der Waals surface area contributed by atoms with Crippen LogP contribution >= 0.6 is 0 Å². The topological polar surface area (TPSA) is 75.3 Å². The van der Waals surface area contributed by atoms with Crippen LogP contribution in [-0.4, -0.2) is 33.8 Å². The molecular weight excluding hydrogens is 240 g/mol. The lowest BCUT2D eigenvalue weighted by atomic mass is 9.71. The van der Waals surface area contributed by atoms with Crippen molar-refractivity contribution in [2.45, 2.75) is 44.6 Å². The fourth-order valence-corrected chi connectivity index (χ4v) is 3.53. The SMILES string of the molecule is Cc1cnc(N)nc1N1CCC2(O)CCCCC2C1. The molecule has 1 saturated heterocycles. The summed E-state index contributed by atoms with van der Waals surface area (Å²) in [7, 11) is 0. The first-order valence-corrected chi connectivity index (χ1v) is 7.15. The minimum Gasteiger partial charge on any atom is -0.389 e. The third-order valence-corrected chi connectivity index (χ3v) is 4.69. The first-order chi connectivity index (χ1) is 9.08. The molecule has 1 aliphatic carbocycles. The molecule has 0 amide bonds. The summed E-state index contributed by atoms with van der Waals surface area (Å²) in [6.07, 6.45) is 7.07. The molecule has 2 fully saturated rings. The number of nitrogen functional groups attached to an aromatic ring is 1. The number of aryl methyl sites for hydroxylation is 1. The van der Waals surface area contributed by atoms with E-state index in [1.165, 1.54) is 6.42 Å². The molecule has 2 unspecified atom stereocenters. The van der Waals surface area contributed by atoms with E-state index in [2.05, 4.69) is 14.9 Å². The molecule has 0 aromatic carbocycles. The van der Waals surface area contributed by atoms with Gasteiger partial charge in [0.15, 0.2) is 0 Å². The van der Waals surface area contributed by atoms with E-state index in [-0.39, 0.29) is 0 Å². The van der Waals surface area contributed by atoms with Gasteiger partial charge in [-0.25, -0.2) is 4.98 Å². The Balaban J connectivity index is 1.82.